The number of hydrogen-bond acceptors (Lipinski definition) is 7. The minimum atomic E-state index is -0.168. The molecule has 3 aromatic rings. The predicted molar refractivity (Wildman–Crippen MR) is 104 cm³/mol. The molecule has 146 valence electrons. The molecule has 8 nitrogen and oxygen atoms in total. The first-order valence-corrected chi connectivity index (χ1v) is 9.33. The van der Waals surface area contributed by atoms with Crippen LogP contribution in [-0.2, 0) is 11.3 Å². The van der Waals surface area contributed by atoms with Crippen LogP contribution in [0.3, 0.4) is 0 Å². The Labute approximate surface area is 162 Å². The van der Waals surface area contributed by atoms with Gasteiger partial charge in [-0.05, 0) is 32.9 Å². The Morgan fingerprint density at radius 3 is 2.64 bits per heavy atom. The van der Waals surface area contributed by atoms with Crippen LogP contribution in [0.1, 0.15) is 25.1 Å². The normalized spacial score (nSPS) is 19.8. The standard InChI is InChI=1S/C20H23N5O3/c1-13-4-5-16(7-21-13)20-17(12-27-23-20)11-25-19(26)6-18(8-22-25)24-9-14(2)28-15(3)10-24/h4-8,12,14-15H,9-11H2,1-3H3. The third-order valence-corrected chi connectivity index (χ3v) is 4.79. The van der Waals surface area contributed by atoms with E-state index in [4.69, 9.17) is 9.26 Å². The number of hydrogen-bond donors (Lipinski definition) is 0. The molecule has 0 aliphatic carbocycles. The molecule has 8 heteroatoms. The molecule has 1 aliphatic rings. The zero-order valence-corrected chi connectivity index (χ0v) is 16.2. The summed E-state index contributed by atoms with van der Waals surface area (Å²) >= 11 is 0. The largest absolute Gasteiger partial charge is 0.372 e. The molecule has 1 aliphatic heterocycles. The van der Waals surface area contributed by atoms with Crippen molar-refractivity contribution in [1.82, 2.24) is 19.9 Å². The van der Waals surface area contributed by atoms with Gasteiger partial charge in [0.25, 0.3) is 5.56 Å². The number of aryl methyl sites for hydroxylation is 1. The van der Waals surface area contributed by atoms with Crippen molar-refractivity contribution >= 4 is 5.69 Å². The van der Waals surface area contributed by atoms with Gasteiger partial charge in [0.1, 0.15) is 12.0 Å². The van der Waals surface area contributed by atoms with Gasteiger partial charge in [-0.15, -0.1) is 0 Å². The second-order valence-corrected chi connectivity index (χ2v) is 7.25. The molecule has 2 unspecified atom stereocenters. The second-order valence-electron chi connectivity index (χ2n) is 7.25. The average Bonchev–Trinajstić information content (AvgIpc) is 3.11. The highest BCUT2D eigenvalue weighted by atomic mass is 16.5. The number of nitrogens with zero attached hydrogens (tertiary/aromatic N) is 5. The fourth-order valence-corrected chi connectivity index (χ4v) is 3.48. The monoisotopic (exact) mass is 381 g/mol. The number of ether oxygens (including phenoxy) is 1. The van der Waals surface area contributed by atoms with Crippen molar-refractivity contribution in [2.75, 3.05) is 18.0 Å². The lowest BCUT2D eigenvalue weighted by atomic mass is 10.1. The summed E-state index contributed by atoms with van der Waals surface area (Å²) in [6.45, 7) is 7.75. The molecule has 0 bridgehead atoms. The summed E-state index contributed by atoms with van der Waals surface area (Å²) in [5.41, 5.74) is 3.86. The van der Waals surface area contributed by atoms with Crippen molar-refractivity contribution in [2.24, 2.45) is 0 Å². The molecule has 0 saturated carbocycles. The fraction of sp³-hybridized carbons (Fsp3) is 0.400. The van der Waals surface area contributed by atoms with Gasteiger partial charge in [0.2, 0.25) is 0 Å². The zero-order valence-electron chi connectivity index (χ0n) is 16.2. The molecular weight excluding hydrogens is 358 g/mol. The van der Waals surface area contributed by atoms with Gasteiger partial charge in [-0.25, -0.2) is 4.68 Å². The lowest BCUT2D eigenvalue weighted by Crippen LogP contribution is -2.46. The van der Waals surface area contributed by atoms with Crippen LogP contribution in [0.5, 0.6) is 0 Å². The van der Waals surface area contributed by atoms with Gasteiger partial charge in [0.15, 0.2) is 0 Å². The van der Waals surface area contributed by atoms with E-state index in [0.29, 0.717) is 5.69 Å². The van der Waals surface area contributed by atoms with Crippen molar-refractivity contribution in [2.45, 2.75) is 39.5 Å². The van der Waals surface area contributed by atoms with Crippen LogP contribution in [-0.4, -0.2) is 45.2 Å². The first-order chi connectivity index (χ1) is 13.5. The third-order valence-electron chi connectivity index (χ3n) is 4.79. The van der Waals surface area contributed by atoms with E-state index in [1.165, 1.54) is 4.68 Å². The molecule has 0 N–H and O–H groups in total. The lowest BCUT2D eigenvalue weighted by Gasteiger charge is -2.36. The summed E-state index contributed by atoms with van der Waals surface area (Å²) in [5, 5.41) is 8.43. The van der Waals surface area contributed by atoms with E-state index in [-0.39, 0.29) is 24.3 Å². The van der Waals surface area contributed by atoms with Crippen LogP contribution in [0.2, 0.25) is 0 Å². The smallest absolute Gasteiger partial charge is 0.269 e. The molecule has 0 amide bonds. The molecule has 0 spiro atoms. The predicted octanol–water partition coefficient (Wildman–Crippen LogP) is 2.26. The third kappa shape index (κ3) is 3.82. The van der Waals surface area contributed by atoms with Crippen LogP contribution >= 0.6 is 0 Å². The summed E-state index contributed by atoms with van der Waals surface area (Å²) in [6, 6.07) is 5.47. The van der Waals surface area contributed by atoms with Crippen LogP contribution < -0.4 is 10.5 Å². The fourth-order valence-electron chi connectivity index (χ4n) is 3.48. The first-order valence-electron chi connectivity index (χ1n) is 9.33. The van der Waals surface area contributed by atoms with Crippen molar-refractivity contribution in [3.63, 3.8) is 0 Å². The summed E-state index contributed by atoms with van der Waals surface area (Å²) in [6.07, 6.45) is 5.26. The van der Waals surface area contributed by atoms with Gasteiger partial charge in [-0.2, -0.15) is 5.10 Å². The maximum Gasteiger partial charge on any atom is 0.269 e. The van der Waals surface area contributed by atoms with E-state index in [0.717, 1.165) is 35.6 Å². The Hall–Kier alpha value is -3.00. The topological polar surface area (TPSA) is 86.3 Å². The summed E-state index contributed by atoms with van der Waals surface area (Å²) in [4.78, 5) is 19.1. The van der Waals surface area contributed by atoms with E-state index >= 15 is 0 Å². The highest BCUT2D eigenvalue weighted by molar-refractivity contribution is 5.61. The molecule has 2 atom stereocenters. The Balaban J connectivity index is 1.56. The van der Waals surface area contributed by atoms with Crippen LogP contribution in [0.4, 0.5) is 5.69 Å². The average molecular weight is 381 g/mol. The highest BCUT2D eigenvalue weighted by Gasteiger charge is 2.23. The molecule has 0 radical (unpaired) electrons. The molecular formula is C20H23N5O3. The molecule has 1 fully saturated rings. The molecule has 3 aromatic heterocycles. The number of pyridine rings is 1. The second kappa shape index (κ2) is 7.55. The molecule has 4 heterocycles. The number of anilines is 1. The van der Waals surface area contributed by atoms with E-state index in [1.54, 1.807) is 24.7 Å². The Kier molecular flexibility index (Phi) is 4.95. The van der Waals surface area contributed by atoms with Crippen LogP contribution in [0.15, 0.2) is 46.2 Å². The maximum absolute atomic E-state index is 12.6. The van der Waals surface area contributed by atoms with Crippen molar-refractivity contribution < 1.29 is 9.26 Å². The first kappa shape index (κ1) is 18.4. The van der Waals surface area contributed by atoms with Gasteiger partial charge in [-0.1, -0.05) is 5.16 Å². The minimum absolute atomic E-state index is 0.119. The quantitative estimate of drug-likeness (QED) is 0.685. The van der Waals surface area contributed by atoms with Gasteiger partial charge in [0, 0.05) is 42.2 Å². The van der Waals surface area contributed by atoms with Crippen molar-refractivity contribution in [3.05, 3.63) is 58.5 Å². The SMILES string of the molecule is Cc1ccc(-c2nocc2Cn2ncc(N3CC(C)OC(C)C3)cc2=O)cn1. The van der Waals surface area contributed by atoms with E-state index in [1.807, 2.05) is 32.9 Å². The van der Waals surface area contributed by atoms with Gasteiger partial charge >= 0.3 is 0 Å². The number of aromatic nitrogens is 4. The molecule has 0 aromatic carbocycles. The Morgan fingerprint density at radius 2 is 1.96 bits per heavy atom. The van der Waals surface area contributed by atoms with Crippen molar-refractivity contribution in [3.8, 4) is 11.3 Å². The summed E-state index contributed by atoms with van der Waals surface area (Å²) in [7, 11) is 0. The number of morpholine rings is 1. The van der Waals surface area contributed by atoms with E-state index in [9.17, 15) is 4.79 Å². The Morgan fingerprint density at radius 1 is 1.18 bits per heavy atom. The van der Waals surface area contributed by atoms with Gasteiger partial charge < -0.3 is 14.2 Å². The molecule has 28 heavy (non-hydrogen) atoms. The van der Waals surface area contributed by atoms with Crippen molar-refractivity contribution in [1.29, 1.82) is 0 Å². The van der Waals surface area contributed by atoms with E-state index in [2.05, 4.69) is 20.1 Å². The Bertz CT molecular complexity index is 1000. The maximum atomic E-state index is 12.6. The molecule has 1 saturated heterocycles. The summed E-state index contributed by atoms with van der Waals surface area (Å²) < 4.78 is 12.3. The van der Waals surface area contributed by atoms with Crippen LogP contribution in [0.25, 0.3) is 11.3 Å². The van der Waals surface area contributed by atoms with Gasteiger partial charge in [-0.3, -0.25) is 9.78 Å². The molecule has 4 rings (SSSR count). The lowest BCUT2D eigenvalue weighted by molar-refractivity contribution is -0.00525. The van der Waals surface area contributed by atoms with Crippen LogP contribution in [0, 0.1) is 6.92 Å². The zero-order chi connectivity index (χ0) is 19.7. The highest BCUT2D eigenvalue weighted by Crippen LogP contribution is 2.22. The van der Waals surface area contributed by atoms with E-state index < -0.39 is 0 Å². The number of rotatable bonds is 4. The summed E-state index contributed by atoms with van der Waals surface area (Å²) in [5.74, 6) is 0. The minimum Gasteiger partial charge on any atom is -0.372 e. The van der Waals surface area contributed by atoms with Gasteiger partial charge in [0.05, 0.1) is 30.6 Å².